The van der Waals surface area contributed by atoms with Gasteiger partial charge in [-0.1, -0.05) is 22.9 Å². The van der Waals surface area contributed by atoms with Gasteiger partial charge in [-0.25, -0.2) is 9.97 Å². The Kier molecular flexibility index (Phi) is 4.08. The third kappa shape index (κ3) is 3.07. The van der Waals surface area contributed by atoms with Crippen LogP contribution in [-0.4, -0.2) is 29.0 Å². The molecule has 1 aromatic carbocycles. The first-order valence-corrected chi connectivity index (χ1v) is 8.97. The number of rotatable bonds is 3. The average molecular weight is 359 g/mol. The second-order valence-electron chi connectivity index (χ2n) is 5.69. The van der Waals surface area contributed by atoms with Gasteiger partial charge in [0.2, 0.25) is 0 Å². The van der Waals surface area contributed by atoms with Crippen molar-refractivity contribution < 1.29 is 4.79 Å². The highest BCUT2D eigenvalue weighted by atomic mass is 35.5. The van der Waals surface area contributed by atoms with E-state index in [-0.39, 0.29) is 5.91 Å². The van der Waals surface area contributed by atoms with Crippen LogP contribution in [0.2, 0.25) is 5.15 Å². The molecular formula is C17H15ClN4OS. The number of halogens is 1. The van der Waals surface area contributed by atoms with Gasteiger partial charge in [0.05, 0.1) is 10.2 Å². The van der Waals surface area contributed by atoms with Crippen molar-refractivity contribution in [2.45, 2.75) is 12.8 Å². The van der Waals surface area contributed by atoms with Crippen molar-refractivity contribution in [3.05, 3.63) is 47.2 Å². The van der Waals surface area contributed by atoms with Gasteiger partial charge in [-0.15, -0.1) is 0 Å². The summed E-state index contributed by atoms with van der Waals surface area (Å²) in [6.45, 7) is 2.13. The second-order valence-corrected chi connectivity index (χ2v) is 7.09. The maximum Gasteiger partial charge on any atom is 0.255 e. The molecule has 0 atom stereocenters. The zero-order chi connectivity index (χ0) is 16.5. The molecule has 0 radical (unpaired) electrons. The molecule has 2 aromatic heterocycles. The molecule has 24 heavy (non-hydrogen) atoms. The van der Waals surface area contributed by atoms with Crippen molar-refractivity contribution in [1.82, 2.24) is 9.97 Å². The Hall–Kier alpha value is -2.18. The van der Waals surface area contributed by atoms with Gasteiger partial charge >= 0.3 is 0 Å². The summed E-state index contributed by atoms with van der Waals surface area (Å²) in [6.07, 6.45) is 4.00. The fourth-order valence-corrected chi connectivity index (χ4v) is 4.01. The predicted octanol–water partition coefficient (Wildman–Crippen LogP) is 4.20. The van der Waals surface area contributed by atoms with E-state index in [1.807, 2.05) is 12.1 Å². The highest BCUT2D eigenvalue weighted by molar-refractivity contribution is 7.22. The largest absolute Gasteiger partial charge is 0.348 e. The van der Waals surface area contributed by atoms with Crippen molar-refractivity contribution >= 4 is 49.9 Å². The van der Waals surface area contributed by atoms with Gasteiger partial charge < -0.3 is 10.2 Å². The topological polar surface area (TPSA) is 58.1 Å². The number of fused-ring (bicyclic) bond motifs is 1. The Balaban J connectivity index is 1.58. The number of pyridine rings is 1. The number of carbonyl (C=O) groups excluding carboxylic acids is 1. The number of carbonyl (C=O) groups is 1. The lowest BCUT2D eigenvalue weighted by molar-refractivity contribution is 0.102. The van der Waals surface area contributed by atoms with Crippen LogP contribution in [0.3, 0.4) is 0 Å². The van der Waals surface area contributed by atoms with Crippen LogP contribution in [0.4, 0.5) is 10.8 Å². The van der Waals surface area contributed by atoms with E-state index < -0.39 is 0 Å². The number of anilines is 2. The number of hydrogen-bond acceptors (Lipinski definition) is 5. The zero-order valence-corrected chi connectivity index (χ0v) is 14.4. The third-order valence-electron chi connectivity index (χ3n) is 4.00. The molecule has 4 rings (SSSR count). The summed E-state index contributed by atoms with van der Waals surface area (Å²) in [5.74, 6) is -0.171. The first-order valence-electron chi connectivity index (χ1n) is 7.77. The number of nitrogens with one attached hydrogen (secondary N) is 1. The van der Waals surface area contributed by atoms with E-state index in [0.29, 0.717) is 16.4 Å². The number of benzene rings is 1. The molecule has 1 N–H and O–H groups in total. The van der Waals surface area contributed by atoms with Crippen LogP contribution in [0.15, 0.2) is 36.5 Å². The molecule has 122 valence electrons. The first-order chi connectivity index (χ1) is 11.7. The number of amides is 1. The maximum absolute atomic E-state index is 12.4. The van der Waals surface area contributed by atoms with Crippen LogP contribution in [0.25, 0.3) is 10.2 Å². The van der Waals surface area contributed by atoms with E-state index in [2.05, 4.69) is 20.2 Å². The number of hydrogen-bond donors (Lipinski definition) is 1. The van der Waals surface area contributed by atoms with Crippen molar-refractivity contribution in [1.29, 1.82) is 0 Å². The number of nitrogens with zero attached hydrogens (tertiary/aromatic N) is 3. The summed E-state index contributed by atoms with van der Waals surface area (Å²) in [4.78, 5) is 23.3. The number of thiazole rings is 1. The van der Waals surface area contributed by atoms with Crippen LogP contribution in [0.1, 0.15) is 23.2 Å². The lowest BCUT2D eigenvalue weighted by Gasteiger charge is -2.11. The summed E-state index contributed by atoms with van der Waals surface area (Å²) in [5.41, 5.74) is 2.17. The Morgan fingerprint density at radius 3 is 2.83 bits per heavy atom. The van der Waals surface area contributed by atoms with E-state index in [9.17, 15) is 4.79 Å². The van der Waals surface area contributed by atoms with Gasteiger partial charge in [-0.2, -0.15) is 0 Å². The van der Waals surface area contributed by atoms with E-state index in [1.54, 1.807) is 35.7 Å². The van der Waals surface area contributed by atoms with E-state index >= 15 is 0 Å². The van der Waals surface area contributed by atoms with Crippen LogP contribution in [-0.2, 0) is 0 Å². The Bertz CT molecular complexity index is 904. The first kappa shape index (κ1) is 15.4. The third-order valence-corrected chi connectivity index (χ3v) is 5.29. The van der Waals surface area contributed by atoms with E-state index in [0.717, 1.165) is 28.4 Å². The molecule has 1 saturated heterocycles. The molecule has 0 bridgehead atoms. The van der Waals surface area contributed by atoms with E-state index in [1.165, 1.54) is 12.8 Å². The molecule has 3 heterocycles. The van der Waals surface area contributed by atoms with Crippen LogP contribution < -0.4 is 10.2 Å². The van der Waals surface area contributed by atoms with Crippen LogP contribution >= 0.6 is 22.9 Å². The van der Waals surface area contributed by atoms with Gasteiger partial charge in [0.1, 0.15) is 5.15 Å². The second kappa shape index (κ2) is 6.37. The molecule has 3 aromatic rings. The smallest absolute Gasteiger partial charge is 0.255 e. The van der Waals surface area contributed by atoms with Crippen molar-refractivity contribution in [3.63, 3.8) is 0 Å². The molecule has 0 aliphatic carbocycles. The summed E-state index contributed by atoms with van der Waals surface area (Å²) >= 11 is 7.48. The summed E-state index contributed by atoms with van der Waals surface area (Å²) in [5, 5.41) is 4.23. The Morgan fingerprint density at radius 2 is 2.04 bits per heavy atom. The monoisotopic (exact) mass is 358 g/mol. The standard InChI is InChI=1S/C17H15ClN4OS/c18-15-10-12(5-6-19-15)20-16(23)11-3-4-13-14(9-11)24-17(21-13)22-7-1-2-8-22/h3-6,9-10H,1-2,7-8H2,(H,19,20,23). The predicted molar refractivity (Wildman–Crippen MR) is 98.3 cm³/mol. The fraction of sp³-hybridized carbons (Fsp3) is 0.235. The van der Waals surface area contributed by atoms with Gasteiger partial charge in [0.15, 0.2) is 5.13 Å². The molecule has 1 amide bonds. The van der Waals surface area contributed by atoms with Crippen molar-refractivity contribution in [2.75, 3.05) is 23.3 Å². The minimum absolute atomic E-state index is 0.171. The van der Waals surface area contributed by atoms with Gasteiger partial charge in [0, 0.05) is 30.5 Å². The van der Waals surface area contributed by atoms with Gasteiger partial charge in [0.25, 0.3) is 5.91 Å². The number of aromatic nitrogens is 2. The molecule has 1 fully saturated rings. The van der Waals surface area contributed by atoms with Crippen LogP contribution in [0.5, 0.6) is 0 Å². The molecule has 1 aliphatic heterocycles. The normalized spacial score (nSPS) is 14.3. The highest BCUT2D eigenvalue weighted by Crippen LogP contribution is 2.31. The molecule has 0 spiro atoms. The van der Waals surface area contributed by atoms with Gasteiger partial charge in [-0.05, 0) is 43.2 Å². The molecule has 0 unspecified atom stereocenters. The molecule has 7 heteroatoms. The Morgan fingerprint density at radius 1 is 1.21 bits per heavy atom. The minimum Gasteiger partial charge on any atom is -0.348 e. The van der Waals surface area contributed by atoms with E-state index in [4.69, 9.17) is 11.6 Å². The molecule has 0 saturated carbocycles. The molecule has 1 aliphatic rings. The van der Waals surface area contributed by atoms with Crippen molar-refractivity contribution in [2.24, 2.45) is 0 Å². The fourth-order valence-electron chi connectivity index (χ4n) is 2.78. The van der Waals surface area contributed by atoms with Crippen molar-refractivity contribution in [3.8, 4) is 0 Å². The average Bonchev–Trinajstić information content (AvgIpc) is 3.23. The summed E-state index contributed by atoms with van der Waals surface area (Å²) in [7, 11) is 0. The molecular weight excluding hydrogens is 344 g/mol. The van der Waals surface area contributed by atoms with Gasteiger partial charge in [-0.3, -0.25) is 4.79 Å². The SMILES string of the molecule is O=C(Nc1ccnc(Cl)c1)c1ccc2nc(N3CCCC3)sc2c1. The quantitative estimate of drug-likeness (QED) is 0.713. The minimum atomic E-state index is -0.171. The highest BCUT2D eigenvalue weighted by Gasteiger charge is 2.17. The maximum atomic E-state index is 12.4. The summed E-state index contributed by atoms with van der Waals surface area (Å²) < 4.78 is 1.03. The zero-order valence-electron chi connectivity index (χ0n) is 12.8. The lowest BCUT2D eigenvalue weighted by atomic mass is 10.2. The molecule has 5 nitrogen and oxygen atoms in total. The van der Waals surface area contributed by atoms with Crippen LogP contribution in [0, 0.1) is 0 Å². The summed E-state index contributed by atoms with van der Waals surface area (Å²) in [6, 6.07) is 8.93. The Labute approximate surface area is 148 Å². The lowest BCUT2D eigenvalue weighted by Crippen LogP contribution is -2.16.